The first kappa shape index (κ1) is 21.4. The third kappa shape index (κ3) is 4.31. The van der Waals surface area contributed by atoms with E-state index in [9.17, 15) is 18.0 Å². The molecule has 2 aromatic rings. The van der Waals surface area contributed by atoms with Crippen molar-refractivity contribution in [1.82, 2.24) is 0 Å². The highest BCUT2D eigenvalue weighted by Gasteiger charge is 2.37. The first-order valence-corrected chi connectivity index (χ1v) is 10.4. The van der Waals surface area contributed by atoms with Crippen LogP contribution in [0.5, 0.6) is 11.5 Å². The number of benzene rings is 2. The number of rotatable bonds is 5. The Labute approximate surface area is 173 Å². The standard InChI is InChI=1S/C19H21N3O7S/c1-3-17(23)28-15-9-5-4-8-14(15)21-22-18-12(7-6-10-16(18)27-2)11-13(20)19(24)29-30(22,25)26/h4-10,13,21H,3,11,20H2,1-2H3. The molecule has 0 spiro atoms. The van der Waals surface area contributed by atoms with Gasteiger partial charge >= 0.3 is 22.2 Å². The Balaban J connectivity index is 2.15. The Morgan fingerprint density at radius 3 is 2.63 bits per heavy atom. The molecule has 0 fully saturated rings. The van der Waals surface area contributed by atoms with Crippen molar-refractivity contribution in [2.75, 3.05) is 16.9 Å². The summed E-state index contributed by atoms with van der Waals surface area (Å²) < 4.78 is 41.8. The van der Waals surface area contributed by atoms with E-state index in [1.807, 2.05) is 0 Å². The first-order valence-electron chi connectivity index (χ1n) is 9.03. The van der Waals surface area contributed by atoms with Crippen LogP contribution in [0.4, 0.5) is 11.4 Å². The van der Waals surface area contributed by atoms with Crippen molar-refractivity contribution in [2.24, 2.45) is 5.73 Å². The van der Waals surface area contributed by atoms with Gasteiger partial charge in [-0.1, -0.05) is 31.2 Å². The van der Waals surface area contributed by atoms with Crippen molar-refractivity contribution in [3.63, 3.8) is 0 Å². The molecule has 1 aliphatic heterocycles. The molecule has 11 heteroatoms. The van der Waals surface area contributed by atoms with Crippen LogP contribution < -0.4 is 25.0 Å². The van der Waals surface area contributed by atoms with Crippen LogP contribution in [-0.4, -0.2) is 33.5 Å². The SMILES string of the molecule is CCC(=O)Oc1ccccc1NN1c2c(cccc2OC)CC(N)C(=O)OS1(=O)=O. The van der Waals surface area contributed by atoms with Gasteiger partial charge in [-0.2, -0.15) is 8.42 Å². The van der Waals surface area contributed by atoms with Gasteiger partial charge in [0.25, 0.3) is 0 Å². The molecule has 0 saturated carbocycles. The number of anilines is 2. The lowest BCUT2D eigenvalue weighted by atomic mass is 10.0. The summed E-state index contributed by atoms with van der Waals surface area (Å²) in [6, 6.07) is 9.91. The minimum atomic E-state index is -4.69. The van der Waals surface area contributed by atoms with Crippen LogP contribution in [0.2, 0.25) is 0 Å². The van der Waals surface area contributed by atoms with Gasteiger partial charge in [0, 0.05) is 12.8 Å². The number of carbonyl (C=O) groups is 2. The number of carbonyl (C=O) groups excluding carboxylic acids is 2. The van der Waals surface area contributed by atoms with Gasteiger partial charge in [0.05, 0.1) is 12.8 Å². The molecule has 0 amide bonds. The number of para-hydroxylation sites is 3. The van der Waals surface area contributed by atoms with Gasteiger partial charge < -0.3 is 19.4 Å². The second-order valence-electron chi connectivity index (χ2n) is 6.34. The lowest BCUT2D eigenvalue weighted by molar-refractivity contribution is -0.135. The Morgan fingerprint density at radius 2 is 1.93 bits per heavy atom. The number of nitrogens with one attached hydrogen (secondary N) is 1. The molecular formula is C19H21N3O7S. The van der Waals surface area contributed by atoms with Gasteiger partial charge in [-0.3, -0.25) is 10.2 Å². The highest BCUT2D eigenvalue weighted by Crippen LogP contribution is 2.38. The van der Waals surface area contributed by atoms with E-state index in [0.717, 1.165) is 0 Å². The van der Waals surface area contributed by atoms with Crippen LogP contribution in [0, 0.1) is 0 Å². The minimum absolute atomic E-state index is 0.0194. The van der Waals surface area contributed by atoms with Gasteiger partial charge in [0.1, 0.15) is 17.5 Å². The van der Waals surface area contributed by atoms with Gasteiger partial charge in [0.2, 0.25) is 0 Å². The molecule has 1 unspecified atom stereocenters. The molecule has 1 atom stereocenters. The van der Waals surface area contributed by atoms with E-state index in [1.165, 1.54) is 19.2 Å². The minimum Gasteiger partial charge on any atom is -0.494 e. The number of ether oxygens (including phenoxy) is 2. The lowest BCUT2D eigenvalue weighted by Crippen LogP contribution is -2.46. The summed E-state index contributed by atoms with van der Waals surface area (Å²) >= 11 is 0. The number of methoxy groups -OCH3 is 1. The molecular weight excluding hydrogens is 414 g/mol. The van der Waals surface area contributed by atoms with Crippen molar-refractivity contribution < 1.29 is 31.7 Å². The normalized spacial score (nSPS) is 17.8. The summed E-state index contributed by atoms with van der Waals surface area (Å²) in [5.74, 6) is -1.30. The summed E-state index contributed by atoms with van der Waals surface area (Å²) in [7, 11) is -3.31. The molecule has 30 heavy (non-hydrogen) atoms. The molecule has 160 valence electrons. The van der Waals surface area contributed by atoms with E-state index in [-0.39, 0.29) is 35.7 Å². The molecule has 1 aliphatic rings. The quantitative estimate of drug-likeness (QED) is 0.529. The van der Waals surface area contributed by atoms with Gasteiger partial charge in [-0.15, -0.1) is 4.41 Å². The Morgan fingerprint density at radius 1 is 1.23 bits per heavy atom. The lowest BCUT2D eigenvalue weighted by Gasteiger charge is -2.30. The molecule has 1 heterocycles. The van der Waals surface area contributed by atoms with Crippen LogP contribution >= 0.6 is 0 Å². The summed E-state index contributed by atoms with van der Waals surface area (Å²) in [5.41, 5.74) is 9.16. The van der Waals surface area contributed by atoms with Crippen molar-refractivity contribution in [3.8, 4) is 11.5 Å². The van der Waals surface area contributed by atoms with Gasteiger partial charge in [-0.05, 0) is 23.8 Å². The predicted octanol–water partition coefficient (Wildman–Crippen LogP) is 1.52. The molecule has 2 aromatic carbocycles. The molecule has 0 saturated heterocycles. The summed E-state index contributed by atoms with van der Waals surface area (Å²) in [6.45, 7) is 1.63. The molecule has 0 aromatic heterocycles. The number of esters is 1. The van der Waals surface area contributed by atoms with Gasteiger partial charge in [0.15, 0.2) is 5.75 Å². The second kappa shape index (κ2) is 8.59. The van der Waals surface area contributed by atoms with Crippen LogP contribution in [0.25, 0.3) is 0 Å². The second-order valence-corrected chi connectivity index (χ2v) is 7.73. The van der Waals surface area contributed by atoms with Crippen LogP contribution in [-0.2, 0) is 30.5 Å². The zero-order valence-corrected chi connectivity index (χ0v) is 17.1. The fraction of sp³-hybridized carbons (Fsp3) is 0.263. The number of hydrazine groups is 1. The highest BCUT2D eigenvalue weighted by molar-refractivity contribution is 7.88. The number of fused-ring (bicyclic) bond motifs is 1. The zero-order valence-electron chi connectivity index (χ0n) is 16.3. The maximum Gasteiger partial charge on any atom is 0.430 e. The first-order chi connectivity index (χ1) is 14.3. The molecule has 10 nitrogen and oxygen atoms in total. The van der Waals surface area contributed by atoms with E-state index in [2.05, 4.69) is 9.61 Å². The van der Waals surface area contributed by atoms with E-state index >= 15 is 0 Å². The average molecular weight is 435 g/mol. The summed E-state index contributed by atoms with van der Waals surface area (Å²) in [4.78, 5) is 23.9. The van der Waals surface area contributed by atoms with Crippen LogP contribution in [0.3, 0.4) is 0 Å². The molecule has 3 rings (SSSR count). The Kier molecular flexibility index (Phi) is 6.13. The third-order valence-electron chi connectivity index (χ3n) is 4.28. The van der Waals surface area contributed by atoms with Crippen molar-refractivity contribution in [2.45, 2.75) is 25.8 Å². The molecule has 3 N–H and O–H groups in total. The van der Waals surface area contributed by atoms with Crippen molar-refractivity contribution in [1.29, 1.82) is 0 Å². The molecule has 0 aliphatic carbocycles. The number of hydrogen-bond donors (Lipinski definition) is 2. The monoisotopic (exact) mass is 435 g/mol. The van der Waals surface area contributed by atoms with Crippen LogP contribution in [0.15, 0.2) is 42.5 Å². The molecule has 0 radical (unpaired) electrons. The van der Waals surface area contributed by atoms with Crippen molar-refractivity contribution >= 4 is 33.6 Å². The average Bonchev–Trinajstić information content (AvgIpc) is 2.72. The smallest absolute Gasteiger partial charge is 0.430 e. The third-order valence-corrected chi connectivity index (χ3v) is 5.38. The number of nitrogens with zero attached hydrogens (tertiary/aromatic N) is 1. The Hall–Kier alpha value is -3.31. The van der Waals surface area contributed by atoms with Crippen molar-refractivity contribution in [3.05, 3.63) is 48.0 Å². The molecule has 0 bridgehead atoms. The maximum absolute atomic E-state index is 12.9. The van der Waals surface area contributed by atoms with E-state index < -0.39 is 28.3 Å². The summed E-state index contributed by atoms with van der Waals surface area (Å²) in [6.07, 6.45) is 0.147. The summed E-state index contributed by atoms with van der Waals surface area (Å²) in [5, 5.41) is 0. The van der Waals surface area contributed by atoms with Crippen LogP contribution in [0.1, 0.15) is 18.9 Å². The predicted molar refractivity (Wildman–Crippen MR) is 108 cm³/mol. The zero-order chi connectivity index (χ0) is 21.9. The van der Waals surface area contributed by atoms with E-state index in [1.54, 1.807) is 37.3 Å². The Bertz CT molecular complexity index is 1070. The highest BCUT2D eigenvalue weighted by atomic mass is 32.2. The topological polar surface area (TPSA) is 137 Å². The van der Waals surface area contributed by atoms with E-state index in [4.69, 9.17) is 15.2 Å². The maximum atomic E-state index is 12.9. The van der Waals surface area contributed by atoms with Gasteiger partial charge in [-0.25, -0.2) is 4.79 Å². The largest absolute Gasteiger partial charge is 0.494 e. The fourth-order valence-corrected chi connectivity index (χ4v) is 3.87. The van der Waals surface area contributed by atoms with E-state index in [0.29, 0.717) is 9.98 Å². The number of hydrogen-bond acceptors (Lipinski definition) is 9. The number of nitrogens with two attached hydrogens (primary N) is 1. The fourth-order valence-electron chi connectivity index (χ4n) is 2.83.